The number of nitrogens with one attached hydrogen (secondary N) is 2. The van der Waals surface area contributed by atoms with E-state index in [1.807, 2.05) is 17.5 Å². The fourth-order valence-electron chi connectivity index (χ4n) is 2.01. The minimum atomic E-state index is -0.631. The lowest BCUT2D eigenvalue weighted by Crippen LogP contribution is -2.30. The van der Waals surface area contributed by atoms with Crippen molar-refractivity contribution in [2.24, 2.45) is 0 Å². The highest BCUT2D eigenvalue weighted by Crippen LogP contribution is 2.11. The summed E-state index contributed by atoms with van der Waals surface area (Å²) in [5.74, 6) is -1.43. The van der Waals surface area contributed by atoms with Crippen molar-refractivity contribution in [3.8, 4) is 6.07 Å². The Morgan fingerprint density at radius 1 is 1.12 bits per heavy atom. The maximum absolute atomic E-state index is 11.9. The lowest BCUT2D eigenvalue weighted by Gasteiger charge is -2.07. The zero-order valence-electron chi connectivity index (χ0n) is 13.9. The number of ether oxygens (including phenoxy) is 1. The molecular formula is C18H17N3O4S. The van der Waals surface area contributed by atoms with Gasteiger partial charge in [0.2, 0.25) is 5.91 Å². The van der Waals surface area contributed by atoms with Crippen LogP contribution >= 0.6 is 11.3 Å². The van der Waals surface area contributed by atoms with E-state index in [-0.39, 0.29) is 24.5 Å². The molecule has 2 N–H and O–H groups in total. The number of nitriles is 1. The average Bonchev–Trinajstić information content (AvgIpc) is 3.14. The maximum Gasteiger partial charge on any atom is 0.338 e. The summed E-state index contributed by atoms with van der Waals surface area (Å²) in [5, 5.41) is 15.6. The second-order valence-electron chi connectivity index (χ2n) is 5.22. The summed E-state index contributed by atoms with van der Waals surface area (Å²) in [5.41, 5.74) is 0.725. The Labute approximate surface area is 154 Å². The molecule has 7 nitrogen and oxygen atoms in total. The van der Waals surface area contributed by atoms with Crippen LogP contribution in [-0.2, 0) is 20.7 Å². The summed E-state index contributed by atoms with van der Waals surface area (Å²) in [7, 11) is 0. The van der Waals surface area contributed by atoms with E-state index >= 15 is 0 Å². The zero-order chi connectivity index (χ0) is 18.8. The van der Waals surface area contributed by atoms with Gasteiger partial charge < -0.3 is 15.4 Å². The SMILES string of the molecule is N#CCC(=O)Nc1ccc(C(=O)OCC(=O)NCCc2cccs2)cc1. The molecule has 26 heavy (non-hydrogen) atoms. The molecule has 2 aromatic rings. The van der Waals surface area contributed by atoms with Crippen molar-refractivity contribution in [3.63, 3.8) is 0 Å². The predicted molar refractivity (Wildman–Crippen MR) is 96.6 cm³/mol. The topological polar surface area (TPSA) is 108 Å². The third-order valence-electron chi connectivity index (χ3n) is 3.25. The molecule has 0 aliphatic heterocycles. The Kier molecular flexibility index (Phi) is 7.33. The highest BCUT2D eigenvalue weighted by Gasteiger charge is 2.10. The molecule has 1 aromatic heterocycles. The monoisotopic (exact) mass is 371 g/mol. The molecule has 0 spiro atoms. The number of esters is 1. The van der Waals surface area contributed by atoms with Crippen molar-refractivity contribution < 1.29 is 19.1 Å². The normalized spacial score (nSPS) is 9.81. The average molecular weight is 371 g/mol. The molecular weight excluding hydrogens is 354 g/mol. The van der Waals surface area contributed by atoms with Gasteiger partial charge in [-0.05, 0) is 42.1 Å². The summed E-state index contributed by atoms with van der Waals surface area (Å²) in [6.07, 6.45) is 0.488. The van der Waals surface area contributed by atoms with Gasteiger partial charge in [-0.2, -0.15) is 5.26 Å². The number of hydrogen-bond acceptors (Lipinski definition) is 6. The van der Waals surface area contributed by atoms with E-state index in [1.165, 1.54) is 29.1 Å². The van der Waals surface area contributed by atoms with Crippen LogP contribution in [0, 0.1) is 11.3 Å². The van der Waals surface area contributed by atoms with Crippen LogP contribution in [0.2, 0.25) is 0 Å². The van der Waals surface area contributed by atoms with Crippen LogP contribution in [0.4, 0.5) is 5.69 Å². The van der Waals surface area contributed by atoms with Crippen molar-refractivity contribution in [2.45, 2.75) is 12.8 Å². The quantitative estimate of drug-likeness (QED) is 0.691. The number of hydrogen-bond donors (Lipinski definition) is 2. The van der Waals surface area contributed by atoms with E-state index in [0.29, 0.717) is 12.2 Å². The standard InChI is InChI=1S/C18H17N3O4S/c19-9-7-16(22)21-14-5-3-13(4-6-14)18(24)25-12-17(23)20-10-8-15-2-1-11-26-15/h1-6,11H,7-8,10,12H2,(H,20,23)(H,21,22). The molecule has 0 aliphatic rings. The number of amides is 2. The number of benzene rings is 1. The molecule has 0 atom stereocenters. The Morgan fingerprint density at radius 2 is 1.88 bits per heavy atom. The Morgan fingerprint density at radius 3 is 2.54 bits per heavy atom. The summed E-state index contributed by atoms with van der Waals surface area (Å²) in [6, 6.07) is 11.7. The number of anilines is 1. The fourth-order valence-corrected chi connectivity index (χ4v) is 2.72. The molecule has 0 aliphatic carbocycles. The van der Waals surface area contributed by atoms with Gasteiger partial charge in [-0.15, -0.1) is 11.3 Å². The number of thiophene rings is 1. The van der Waals surface area contributed by atoms with Gasteiger partial charge >= 0.3 is 5.97 Å². The number of carbonyl (C=O) groups excluding carboxylic acids is 3. The van der Waals surface area contributed by atoms with Crippen molar-refractivity contribution in [1.29, 1.82) is 5.26 Å². The molecule has 0 saturated heterocycles. The molecule has 1 aromatic carbocycles. The van der Waals surface area contributed by atoms with E-state index in [9.17, 15) is 14.4 Å². The number of nitrogens with zero attached hydrogens (tertiary/aromatic N) is 1. The van der Waals surface area contributed by atoms with E-state index in [0.717, 1.165) is 6.42 Å². The number of rotatable bonds is 8. The molecule has 134 valence electrons. The molecule has 0 fully saturated rings. The van der Waals surface area contributed by atoms with Gasteiger partial charge in [-0.1, -0.05) is 6.07 Å². The third-order valence-corrected chi connectivity index (χ3v) is 4.19. The second-order valence-corrected chi connectivity index (χ2v) is 6.25. The van der Waals surface area contributed by atoms with Crippen LogP contribution in [-0.4, -0.2) is 30.9 Å². The van der Waals surface area contributed by atoms with E-state index in [2.05, 4.69) is 10.6 Å². The van der Waals surface area contributed by atoms with Gasteiger partial charge in [0.1, 0.15) is 6.42 Å². The van der Waals surface area contributed by atoms with Crippen molar-refractivity contribution in [3.05, 3.63) is 52.2 Å². The first-order valence-electron chi connectivity index (χ1n) is 7.81. The first-order chi connectivity index (χ1) is 12.6. The smallest absolute Gasteiger partial charge is 0.338 e. The molecule has 2 rings (SSSR count). The summed E-state index contributed by atoms with van der Waals surface area (Å²) in [6.45, 7) is 0.123. The minimum Gasteiger partial charge on any atom is -0.452 e. The highest BCUT2D eigenvalue weighted by molar-refractivity contribution is 7.09. The largest absolute Gasteiger partial charge is 0.452 e. The molecule has 8 heteroatoms. The van der Waals surface area contributed by atoms with Gasteiger partial charge in [-0.3, -0.25) is 9.59 Å². The number of carbonyl (C=O) groups is 3. The third kappa shape index (κ3) is 6.37. The van der Waals surface area contributed by atoms with Gasteiger partial charge in [0.05, 0.1) is 11.6 Å². The predicted octanol–water partition coefficient (Wildman–Crippen LogP) is 2.12. The molecule has 1 heterocycles. The summed E-state index contributed by atoms with van der Waals surface area (Å²) >= 11 is 1.62. The van der Waals surface area contributed by atoms with Gasteiger partial charge in [-0.25, -0.2) is 4.79 Å². The first-order valence-corrected chi connectivity index (χ1v) is 8.69. The zero-order valence-corrected chi connectivity index (χ0v) is 14.7. The highest BCUT2D eigenvalue weighted by atomic mass is 32.1. The van der Waals surface area contributed by atoms with Crippen molar-refractivity contribution in [2.75, 3.05) is 18.5 Å². The van der Waals surface area contributed by atoms with Crippen molar-refractivity contribution in [1.82, 2.24) is 5.32 Å². The van der Waals surface area contributed by atoms with Gasteiger partial charge in [0.25, 0.3) is 5.91 Å². The van der Waals surface area contributed by atoms with E-state index in [4.69, 9.17) is 10.00 Å². The van der Waals surface area contributed by atoms with Gasteiger partial charge in [0, 0.05) is 17.1 Å². The maximum atomic E-state index is 11.9. The van der Waals surface area contributed by atoms with Crippen LogP contribution in [0.15, 0.2) is 41.8 Å². The Balaban J connectivity index is 1.72. The molecule has 0 bridgehead atoms. The van der Waals surface area contributed by atoms with Crippen molar-refractivity contribution >= 4 is 34.8 Å². The van der Waals surface area contributed by atoms with Crippen LogP contribution in [0.3, 0.4) is 0 Å². The summed E-state index contributed by atoms with van der Waals surface area (Å²) < 4.78 is 4.96. The van der Waals surface area contributed by atoms with Crippen LogP contribution in [0.5, 0.6) is 0 Å². The molecule has 0 radical (unpaired) electrons. The lowest BCUT2D eigenvalue weighted by atomic mass is 10.2. The lowest BCUT2D eigenvalue weighted by molar-refractivity contribution is -0.124. The first kappa shape index (κ1) is 19.1. The molecule has 0 unspecified atom stereocenters. The second kappa shape index (κ2) is 9.96. The Bertz CT molecular complexity index is 795. The van der Waals surface area contributed by atoms with Crippen LogP contribution < -0.4 is 10.6 Å². The fraction of sp³-hybridized carbons (Fsp3) is 0.222. The Hall–Kier alpha value is -3.18. The van der Waals surface area contributed by atoms with Gasteiger partial charge in [0.15, 0.2) is 6.61 Å². The van der Waals surface area contributed by atoms with E-state index < -0.39 is 11.9 Å². The van der Waals surface area contributed by atoms with Crippen LogP contribution in [0.1, 0.15) is 21.7 Å². The molecule has 0 saturated carbocycles. The molecule has 2 amide bonds. The van der Waals surface area contributed by atoms with E-state index in [1.54, 1.807) is 17.4 Å². The summed E-state index contributed by atoms with van der Waals surface area (Å²) in [4.78, 5) is 36.1. The minimum absolute atomic E-state index is 0.245. The van der Waals surface area contributed by atoms with Crippen LogP contribution in [0.25, 0.3) is 0 Å².